The lowest BCUT2D eigenvalue weighted by atomic mass is 9.97. The summed E-state index contributed by atoms with van der Waals surface area (Å²) in [5, 5.41) is 18.5. The van der Waals surface area contributed by atoms with Crippen molar-refractivity contribution >= 4 is 0 Å². The van der Waals surface area contributed by atoms with Crippen LogP contribution in [0.2, 0.25) is 0 Å². The van der Waals surface area contributed by atoms with E-state index in [1.165, 1.54) is 0 Å². The van der Waals surface area contributed by atoms with Crippen molar-refractivity contribution < 1.29 is 28.1 Å². The maximum Gasteiger partial charge on any atom is 0.330 e. The van der Waals surface area contributed by atoms with E-state index in [0.29, 0.717) is 4.57 Å². The van der Waals surface area contributed by atoms with Crippen LogP contribution in [0.4, 0.5) is 13.2 Å². The number of aromatic amines is 1. The molecule has 1 saturated heterocycles. The van der Waals surface area contributed by atoms with Gasteiger partial charge in [-0.15, -0.1) is 0 Å². The molecule has 2 heterocycles. The first-order valence-corrected chi connectivity index (χ1v) is 5.50. The van der Waals surface area contributed by atoms with E-state index in [2.05, 4.69) is 0 Å². The van der Waals surface area contributed by atoms with Crippen LogP contribution in [-0.4, -0.2) is 50.7 Å². The van der Waals surface area contributed by atoms with Gasteiger partial charge in [-0.05, 0) is 0 Å². The third kappa shape index (κ3) is 1.96. The quantitative estimate of drug-likeness (QED) is 0.647. The van der Waals surface area contributed by atoms with E-state index in [1.54, 1.807) is 4.98 Å². The first-order chi connectivity index (χ1) is 9.28. The van der Waals surface area contributed by atoms with Gasteiger partial charge in [-0.25, -0.2) is 9.18 Å². The third-order valence-corrected chi connectivity index (χ3v) is 3.14. The zero-order valence-electron chi connectivity index (χ0n) is 9.92. The second-order valence-corrected chi connectivity index (χ2v) is 4.42. The Kier molecular flexibility index (Phi) is 3.48. The van der Waals surface area contributed by atoms with Gasteiger partial charge in [0.15, 0.2) is 11.7 Å². The summed E-state index contributed by atoms with van der Waals surface area (Å²) in [5.41, 5.74) is -4.54. The Morgan fingerprint density at radius 3 is 2.55 bits per heavy atom. The molecule has 1 aromatic heterocycles. The van der Waals surface area contributed by atoms with Gasteiger partial charge in [-0.2, -0.15) is 8.78 Å². The van der Waals surface area contributed by atoms with Crippen LogP contribution in [0.25, 0.3) is 0 Å². The maximum absolute atomic E-state index is 13.9. The molecule has 0 spiro atoms. The molecule has 20 heavy (non-hydrogen) atoms. The van der Waals surface area contributed by atoms with E-state index in [4.69, 9.17) is 9.84 Å². The lowest BCUT2D eigenvalue weighted by Crippen LogP contribution is -2.50. The first-order valence-electron chi connectivity index (χ1n) is 5.50. The number of ether oxygens (including phenoxy) is 1. The van der Waals surface area contributed by atoms with E-state index < -0.39 is 48.4 Å². The van der Waals surface area contributed by atoms with Crippen LogP contribution in [0.15, 0.2) is 21.9 Å². The molecular formula is C10H11F3N2O5. The van der Waals surface area contributed by atoms with Crippen molar-refractivity contribution in [2.45, 2.75) is 23.9 Å². The van der Waals surface area contributed by atoms with Gasteiger partial charge in [-0.3, -0.25) is 14.3 Å². The van der Waals surface area contributed by atoms with Crippen molar-refractivity contribution in [1.29, 1.82) is 0 Å². The van der Waals surface area contributed by atoms with Crippen LogP contribution in [0.1, 0.15) is 6.23 Å². The van der Waals surface area contributed by atoms with Crippen LogP contribution in [0.3, 0.4) is 0 Å². The molecule has 1 aliphatic rings. The fourth-order valence-corrected chi connectivity index (χ4v) is 1.98. The average molecular weight is 296 g/mol. The molecule has 0 bridgehead atoms. The van der Waals surface area contributed by atoms with Gasteiger partial charge >= 0.3 is 11.6 Å². The number of H-pyrrole nitrogens is 1. The summed E-state index contributed by atoms with van der Waals surface area (Å²) in [5.74, 6) is -4.03. The first kappa shape index (κ1) is 14.8. The number of aliphatic hydroxyl groups is 2. The number of rotatable bonds is 3. The van der Waals surface area contributed by atoms with Crippen LogP contribution >= 0.6 is 0 Å². The van der Waals surface area contributed by atoms with Gasteiger partial charge in [0.2, 0.25) is 6.23 Å². The fourth-order valence-electron chi connectivity index (χ4n) is 1.98. The topological polar surface area (TPSA) is 105 Å². The highest BCUT2D eigenvalue weighted by atomic mass is 19.3. The summed E-state index contributed by atoms with van der Waals surface area (Å²) < 4.78 is 45.8. The lowest BCUT2D eigenvalue weighted by molar-refractivity contribution is -0.148. The number of nitrogens with zero attached hydrogens (tertiary/aromatic N) is 1. The van der Waals surface area contributed by atoms with Crippen molar-refractivity contribution in [1.82, 2.24) is 9.55 Å². The summed E-state index contributed by atoms with van der Waals surface area (Å²) in [6.07, 6.45) is -4.25. The Morgan fingerprint density at radius 1 is 1.45 bits per heavy atom. The zero-order chi connectivity index (χ0) is 15.1. The van der Waals surface area contributed by atoms with Gasteiger partial charge in [0, 0.05) is 12.3 Å². The minimum atomic E-state index is -4.03. The Labute approximate surface area is 109 Å². The normalized spacial score (nSPS) is 32.5. The molecule has 0 unspecified atom stereocenters. The molecule has 10 heteroatoms. The molecule has 1 aromatic rings. The minimum Gasteiger partial charge on any atom is -0.393 e. The smallest absolute Gasteiger partial charge is 0.330 e. The van der Waals surface area contributed by atoms with E-state index in [9.17, 15) is 27.9 Å². The monoisotopic (exact) mass is 296 g/mol. The Hall–Kier alpha value is -1.65. The van der Waals surface area contributed by atoms with Crippen molar-refractivity contribution in [3.63, 3.8) is 0 Å². The van der Waals surface area contributed by atoms with E-state index >= 15 is 0 Å². The van der Waals surface area contributed by atoms with Crippen molar-refractivity contribution in [2.24, 2.45) is 0 Å². The molecule has 3 N–H and O–H groups in total. The predicted octanol–water partition coefficient (Wildman–Crippen LogP) is -1.24. The van der Waals surface area contributed by atoms with Crippen molar-refractivity contribution in [3.8, 4) is 0 Å². The number of halogens is 3. The lowest BCUT2D eigenvalue weighted by Gasteiger charge is -2.25. The molecule has 0 aliphatic carbocycles. The van der Waals surface area contributed by atoms with Gasteiger partial charge in [0.1, 0.15) is 6.67 Å². The van der Waals surface area contributed by atoms with Gasteiger partial charge < -0.3 is 14.9 Å². The summed E-state index contributed by atoms with van der Waals surface area (Å²) in [4.78, 5) is 24.1. The molecule has 1 fully saturated rings. The maximum atomic E-state index is 13.9. The van der Waals surface area contributed by atoms with Crippen molar-refractivity contribution in [3.05, 3.63) is 33.1 Å². The number of hydrogen-bond acceptors (Lipinski definition) is 5. The van der Waals surface area contributed by atoms with E-state index in [1.807, 2.05) is 0 Å². The Bertz CT molecular complexity index is 609. The van der Waals surface area contributed by atoms with Crippen LogP contribution in [0.5, 0.6) is 0 Å². The number of hydrogen-bond donors (Lipinski definition) is 3. The summed E-state index contributed by atoms with van der Waals surface area (Å²) in [7, 11) is 0. The number of aliphatic hydroxyl groups excluding tert-OH is 2. The standard InChI is InChI=1S/C10H11F3N2O5/c11-3-9(4-16)6(18)10(12,13)7(20-9)15-2-1-5(17)14-8(15)19/h1-2,6-7,16,18H,3-4H2,(H,14,17,19)/t6-,7-,9-/m1/s1. The molecule has 0 aromatic carbocycles. The van der Waals surface area contributed by atoms with Gasteiger partial charge in [-0.1, -0.05) is 0 Å². The van der Waals surface area contributed by atoms with Gasteiger partial charge in [0.25, 0.3) is 5.56 Å². The second kappa shape index (κ2) is 4.72. The molecular weight excluding hydrogens is 285 g/mol. The summed E-state index contributed by atoms with van der Waals surface area (Å²) >= 11 is 0. The Balaban J connectivity index is 2.52. The molecule has 112 valence electrons. The van der Waals surface area contributed by atoms with Gasteiger partial charge in [0.05, 0.1) is 6.61 Å². The highest BCUT2D eigenvalue weighted by molar-refractivity contribution is 5.06. The SMILES string of the molecule is O=c1ccn([C@@H]2O[C@@](CO)(CF)[C@@H](O)C2(F)F)c(=O)[nH]1. The highest BCUT2D eigenvalue weighted by Gasteiger charge is 2.67. The van der Waals surface area contributed by atoms with E-state index in [0.717, 1.165) is 12.3 Å². The molecule has 0 radical (unpaired) electrons. The molecule has 7 nitrogen and oxygen atoms in total. The number of nitrogens with one attached hydrogen (secondary N) is 1. The highest BCUT2D eigenvalue weighted by Crippen LogP contribution is 2.47. The Morgan fingerprint density at radius 2 is 2.10 bits per heavy atom. The number of alkyl halides is 3. The third-order valence-electron chi connectivity index (χ3n) is 3.14. The number of aromatic nitrogens is 2. The molecule has 1 aliphatic heterocycles. The van der Waals surface area contributed by atoms with Crippen LogP contribution in [-0.2, 0) is 4.74 Å². The molecule has 2 rings (SSSR count). The predicted molar refractivity (Wildman–Crippen MR) is 58.2 cm³/mol. The summed E-state index contributed by atoms with van der Waals surface area (Å²) in [6.45, 7) is -2.77. The van der Waals surface area contributed by atoms with Crippen LogP contribution in [0, 0.1) is 0 Å². The average Bonchev–Trinajstić information content (AvgIpc) is 2.60. The molecule has 0 saturated carbocycles. The largest absolute Gasteiger partial charge is 0.393 e. The second-order valence-electron chi connectivity index (χ2n) is 4.42. The molecule has 3 atom stereocenters. The van der Waals surface area contributed by atoms with Crippen molar-refractivity contribution in [2.75, 3.05) is 13.3 Å². The van der Waals surface area contributed by atoms with Crippen LogP contribution < -0.4 is 11.2 Å². The minimum absolute atomic E-state index is 0.317. The zero-order valence-corrected chi connectivity index (χ0v) is 9.92. The van der Waals surface area contributed by atoms with E-state index in [-0.39, 0.29) is 0 Å². The molecule has 0 amide bonds. The fraction of sp³-hybridized carbons (Fsp3) is 0.600. The summed E-state index contributed by atoms with van der Waals surface area (Å²) in [6, 6.07) is 0.793.